The molecule has 4 N–H and O–H groups in total. The highest BCUT2D eigenvalue weighted by atomic mass is 32.2. The monoisotopic (exact) mass is 277 g/mol. The van der Waals surface area contributed by atoms with E-state index in [0.717, 1.165) is 22.6 Å². The summed E-state index contributed by atoms with van der Waals surface area (Å²) in [6.07, 6.45) is 6.33. The van der Waals surface area contributed by atoms with Gasteiger partial charge in [-0.3, -0.25) is 4.79 Å². The maximum Gasteiger partial charge on any atom is 0.228 e. The van der Waals surface area contributed by atoms with Crippen LogP contribution < -0.4 is 16.4 Å². The molecule has 2 aliphatic rings. The first-order valence-corrected chi connectivity index (χ1v) is 7.97. The van der Waals surface area contributed by atoms with Gasteiger partial charge in [0.1, 0.15) is 0 Å². The summed E-state index contributed by atoms with van der Waals surface area (Å²) in [4.78, 5) is 11.4. The maximum atomic E-state index is 11.4. The van der Waals surface area contributed by atoms with E-state index < -0.39 is 0 Å². The van der Waals surface area contributed by atoms with Crippen molar-refractivity contribution >= 4 is 34.7 Å². The van der Waals surface area contributed by atoms with Gasteiger partial charge < -0.3 is 16.4 Å². The van der Waals surface area contributed by atoms with E-state index >= 15 is 0 Å². The van der Waals surface area contributed by atoms with E-state index in [0.29, 0.717) is 17.7 Å². The number of nitrogens with two attached hydrogens (primary N) is 1. The van der Waals surface area contributed by atoms with Crippen molar-refractivity contribution in [3.63, 3.8) is 0 Å². The fourth-order valence-corrected chi connectivity index (χ4v) is 3.93. The van der Waals surface area contributed by atoms with Crippen LogP contribution in [0.3, 0.4) is 0 Å². The molecular formula is C14H19N3OS. The van der Waals surface area contributed by atoms with Crippen molar-refractivity contribution in [2.24, 2.45) is 0 Å². The number of hydrogen-bond donors (Lipinski definition) is 3. The smallest absolute Gasteiger partial charge is 0.228 e. The van der Waals surface area contributed by atoms with Crippen molar-refractivity contribution in [3.8, 4) is 0 Å². The lowest BCUT2D eigenvalue weighted by atomic mass is 10.1. The minimum Gasteiger partial charge on any atom is -0.397 e. The van der Waals surface area contributed by atoms with E-state index in [1.807, 2.05) is 23.9 Å². The fourth-order valence-electron chi connectivity index (χ4n) is 2.99. The Morgan fingerprint density at radius 3 is 3.05 bits per heavy atom. The summed E-state index contributed by atoms with van der Waals surface area (Å²) < 4.78 is 0. The Morgan fingerprint density at radius 2 is 2.26 bits per heavy atom. The lowest BCUT2D eigenvalue weighted by Gasteiger charge is -2.22. The van der Waals surface area contributed by atoms with Gasteiger partial charge in [-0.2, -0.15) is 11.8 Å². The van der Waals surface area contributed by atoms with E-state index in [9.17, 15) is 4.79 Å². The van der Waals surface area contributed by atoms with Gasteiger partial charge in [0, 0.05) is 17.0 Å². The van der Waals surface area contributed by atoms with Gasteiger partial charge in [0.05, 0.1) is 17.8 Å². The Labute approximate surface area is 117 Å². The van der Waals surface area contributed by atoms with Crippen LogP contribution >= 0.6 is 11.8 Å². The number of fused-ring (bicyclic) bond motifs is 1. The van der Waals surface area contributed by atoms with E-state index in [1.165, 1.54) is 19.3 Å². The average Bonchev–Trinajstić information content (AvgIpc) is 2.95. The van der Waals surface area contributed by atoms with Crippen LogP contribution in [-0.4, -0.2) is 23.5 Å². The second-order valence-corrected chi connectivity index (χ2v) is 6.35. The van der Waals surface area contributed by atoms with Gasteiger partial charge in [0.15, 0.2) is 0 Å². The number of amides is 1. The normalized spacial score (nSPS) is 25.2. The highest BCUT2D eigenvalue weighted by Crippen LogP contribution is 2.35. The standard InChI is InChI=1S/C14H19N3OS/c1-19-13-4-2-3-10(13)16-12-7-11-8(5-9(12)15)6-14(18)17-11/h5,7,10,13,16H,2-4,6,15H2,1H3,(H,17,18). The van der Waals surface area contributed by atoms with Crippen LogP contribution in [0.2, 0.25) is 0 Å². The van der Waals surface area contributed by atoms with Gasteiger partial charge in [0.2, 0.25) is 5.91 Å². The molecule has 4 nitrogen and oxygen atoms in total. The number of hydrogen-bond acceptors (Lipinski definition) is 4. The first-order chi connectivity index (χ1) is 9.17. The lowest BCUT2D eigenvalue weighted by molar-refractivity contribution is -0.115. The Bertz CT molecular complexity index is 518. The molecule has 1 aromatic carbocycles. The van der Waals surface area contributed by atoms with Gasteiger partial charge in [-0.15, -0.1) is 0 Å². The quantitative estimate of drug-likeness (QED) is 0.742. The molecule has 0 spiro atoms. The molecule has 0 aromatic heterocycles. The van der Waals surface area contributed by atoms with Crippen LogP contribution in [0.5, 0.6) is 0 Å². The van der Waals surface area contributed by atoms with Crippen molar-refractivity contribution in [2.75, 3.05) is 22.6 Å². The number of benzene rings is 1. The topological polar surface area (TPSA) is 67.1 Å². The van der Waals surface area contributed by atoms with Crippen molar-refractivity contribution in [1.82, 2.24) is 0 Å². The molecule has 19 heavy (non-hydrogen) atoms. The highest BCUT2D eigenvalue weighted by molar-refractivity contribution is 7.99. The SMILES string of the molecule is CSC1CCCC1Nc1cc2c(cc1N)CC(=O)N2. The zero-order valence-electron chi connectivity index (χ0n) is 11.0. The maximum absolute atomic E-state index is 11.4. The third-order valence-corrected chi connectivity index (χ3v) is 5.17. The number of rotatable bonds is 3. The number of nitrogen functional groups attached to an aromatic ring is 1. The van der Waals surface area contributed by atoms with E-state index in [4.69, 9.17) is 5.73 Å². The molecule has 2 atom stereocenters. The number of carbonyl (C=O) groups excluding carboxylic acids is 1. The minimum atomic E-state index is 0.0504. The Balaban J connectivity index is 1.82. The van der Waals surface area contributed by atoms with Crippen LogP contribution in [0.4, 0.5) is 17.1 Å². The molecule has 1 fully saturated rings. The zero-order valence-corrected chi connectivity index (χ0v) is 11.8. The molecule has 1 aliphatic carbocycles. The first kappa shape index (κ1) is 12.7. The molecule has 0 saturated heterocycles. The van der Waals surface area contributed by atoms with Crippen molar-refractivity contribution < 1.29 is 4.79 Å². The number of thioether (sulfide) groups is 1. The second-order valence-electron chi connectivity index (χ2n) is 5.28. The van der Waals surface area contributed by atoms with Crippen molar-refractivity contribution in [3.05, 3.63) is 17.7 Å². The van der Waals surface area contributed by atoms with Gasteiger partial charge in [-0.05, 0) is 36.8 Å². The Hall–Kier alpha value is -1.36. The van der Waals surface area contributed by atoms with E-state index in [1.54, 1.807) is 0 Å². The number of anilines is 3. The molecule has 3 rings (SSSR count). The highest BCUT2D eigenvalue weighted by Gasteiger charge is 2.27. The van der Waals surface area contributed by atoms with Gasteiger partial charge >= 0.3 is 0 Å². The fraction of sp³-hybridized carbons (Fsp3) is 0.500. The summed E-state index contributed by atoms with van der Waals surface area (Å²) in [6, 6.07) is 4.37. The molecular weight excluding hydrogens is 258 g/mol. The van der Waals surface area contributed by atoms with Crippen molar-refractivity contribution in [1.29, 1.82) is 0 Å². The largest absolute Gasteiger partial charge is 0.397 e. The van der Waals surface area contributed by atoms with Crippen molar-refractivity contribution in [2.45, 2.75) is 37.0 Å². The van der Waals surface area contributed by atoms with Crippen LogP contribution in [-0.2, 0) is 11.2 Å². The van der Waals surface area contributed by atoms with Crippen LogP contribution in [0, 0.1) is 0 Å². The van der Waals surface area contributed by atoms with Crippen LogP contribution in [0.15, 0.2) is 12.1 Å². The van der Waals surface area contributed by atoms with Crippen LogP contribution in [0.1, 0.15) is 24.8 Å². The lowest BCUT2D eigenvalue weighted by Crippen LogP contribution is -2.26. The molecule has 2 unspecified atom stereocenters. The van der Waals surface area contributed by atoms with Gasteiger partial charge in [-0.1, -0.05) is 6.42 Å². The summed E-state index contributed by atoms with van der Waals surface area (Å²) in [6.45, 7) is 0. The van der Waals surface area contributed by atoms with Gasteiger partial charge in [0.25, 0.3) is 0 Å². The molecule has 1 aromatic rings. The Morgan fingerprint density at radius 1 is 1.42 bits per heavy atom. The molecule has 0 radical (unpaired) electrons. The molecule has 1 aliphatic heterocycles. The summed E-state index contributed by atoms with van der Waals surface area (Å²) >= 11 is 1.92. The first-order valence-electron chi connectivity index (χ1n) is 6.69. The summed E-state index contributed by atoms with van der Waals surface area (Å²) in [7, 11) is 0. The minimum absolute atomic E-state index is 0.0504. The third-order valence-electron chi connectivity index (χ3n) is 4.00. The number of carbonyl (C=O) groups is 1. The predicted octanol–water partition coefficient (Wildman–Crippen LogP) is 2.46. The van der Waals surface area contributed by atoms with Gasteiger partial charge in [-0.25, -0.2) is 0 Å². The average molecular weight is 277 g/mol. The third kappa shape index (κ3) is 2.39. The molecule has 1 amide bonds. The van der Waals surface area contributed by atoms with Crippen LogP contribution in [0.25, 0.3) is 0 Å². The van der Waals surface area contributed by atoms with E-state index in [2.05, 4.69) is 16.9 Å². The Kier molecular flexibility index (Phi) is 3.31. The summed E-state index contributed by atoms with van der Waals surface area (Å²) in [5.74, 6) is 0.0504. The predicted molar refractivity (Wildman–Crippen MR) is 81.8 cm³/mol. The summed E-state index contributed by atoms with van der Waals surface area (Å²) in [5, 5.41) is 7.09. The zero-order chi connectivity index (χ0) is 13.4. The number of nitrogens with one attached hydrogen (secondary N) is 2. The molecule has 1 saturated carbocycles. The molecule has 102 valence electrons. The molecule has 1 heterocycles. The second kappa shape index (κ2) is 4.96. The summed E-state index contributed by atoms with van der Waals surface area (Å²) in [5.41, 5.74) is 9.69. The molecule has 0 bridgehead atoms. The van der Waals surface area contributed by atoms with E-state index in [-0.39, 0.29) is 5.91 Å². The molecule has 5 heteroatoms.